The van der Waals surface area contributed by atoms with Crippen LogP contribution in [0.25, 0.3) is 0 Å². The molecule has 1 amide bonds. The zero-order chi connectivity index (χ0) is 25.1. The average molecular weight is 521 g/mol. The number of benzene rings is 2. The predicted octanol–water partition coefficient (Wildman–Crippen LogP) is 1.66. The Morgan fingerprint density at radius 2 is 1.51 bits per heavy atom. The number of amides is 1. The van der Waals surface area contributed by atoms with Crippen LogP contribution in [0.4, 0.5) is 5.69 Å². The van der Waals surface area contributed by atoms with Crippen LogP contribution in [0, 0.1) is 6.92 Å². The molecule has 2 aliphatic rings. The van der Waals surface area contributed by atoms with Gasteiger partial charge in [0, 0.05) is 57.1 Å². The molecule has 2 aromatic carbocycles. The van der Waals surface area contributed by atoms with Crippen LogP contribution in [0.5, 0.6) is 0 Å². The number of hydrogen-bond donors (Lipinski definition) is 1. The van der Waals surface area contributed by atoms with E-state index in [2.05, 4.69) is 16.3 Å². The minimum atomic E-state index is -3.54. The van der Waals surface area contributed by atoms with E-state index in [-0.39, 0.29) is 22.8 Å². The zero-order valence-electron chi connectivity index (χ0n) is 19.9. The third-order valence-corrected chi connectivity index (χ3v) is 10.2. The first-order valence-electron chi connectivity index (χ1n) is 11.8. The highest BCUT2D eigenvalue weighted by Crippen LogP contribution is 2.21. The van der Waals surface area contributed by atoms with E-state index in [1.165, 1.54) is 32.9 Å². The summed E-state index contributed by atoms with van der Waals surface area (Å²) < 4.78 is 53.7. The van der Waals surface area contributed by atoms with Gasteiger partial charge in [-0.05, 0) is 61.7 Å². The molecule has 0 radical (unpaired) electrons. The third kappa shape index (κ3) is 6.03. The first-order chi connectivity index (χ1) is 16.7. The summed E-state index contributed by atoms with van der Waals surface area (Å²) in [6, 6.07) is 13.9. The molecule has 35 heavy (non-hydrogen) atoms. The Kier molecular flexibility index (Phi) is 7.80. The number of carbonyl (C=O) groups is 1. The molecule has 2 heterocycles. The van der Waals surface area contributed by atoms with Crippen LogP contribution in [-0.2, 0) is 20.0 Å². The summed E-state index contributed by atoms with van der Waals surface area (Å²) in [6.45, 7) is 5.06. The largest absolute Gasteiger partial charge is 0.369 e. The molecule has 0 bridgehead atoms. The average Bonchev–Trinajstić information content (AvgIpc) is 3.40. The van der Waals surface area contributed by atoms with Gasteiger partial charge in [-0.25, -0.2) is 16.8 Å². The van der Waals surface area contributed by atoms with Gasteiger partial charge in [0.1, 0.15) is 0 Å². The molecule has 0 aromatic heterocycles. The minimum Gasteiger partial charge on any atom is -0.369 e. The lowest BCUT2D eigenvalue weighted by molar-refractivity contribution is 0.0956. The van der Waals surface area contributed by atoms with E-state index in [1.807, 2.05) is 25.1 Å². The molecule has 1 N–H and O–H groups in total. The number of hydrogen-bond acceptors (Lipinski definition) is 6. The SMILES string of the molecule is Cc1cccc(N2CCN(S(=O)(=O)CCNC(=O)c3ccc(S(=O)(=O)N4CCCC4)cc3)CC2)c1. The van der Waals surface area contributed by atoms with Crippen molar-refractivity contribution in [2.24, 2.45) is 0 Å². The second-order valence-electron chi connectivity index (χ2n) is 8.93. The molecule has 11 heteroatoms. The Hall–Kier alpha value is -2.47. The Morgan fingerprint density at radius 3 is 2.14 bits per heavy atom. The maximum absolute atomic E-state index is 12.8. The van der Waals surface area contributed by atoms with Crippen molar-refractivity contribution in [2.75, 3.05) is 56.5 Å². The van der Waals surface area contributed by atoms with Crippen LogP contribution in [-0.4, -0.2) is 82.9 Å². The number of aryl methyl sites for hydroxylation is 1. The number of carbonyl (C=O) groups excluding carboxylic acids is 1. The predicted molar refractivity (Wildman–Crippen MR) is 136 cm³/mol. The number of nitrogens with zero attached hydrogens (tertiary/aromatic N) is 3. The van der Waals surface area contributed by atoms with Gasteiger partial charge in [-0.1, -0.05) is 12.1 Å². The second-order valence-corrected chi connectivity index (χ2v) is 13.0. The molecule has 2 aromatic rings. The van der Waals surface area contributed by atoms with Crippen molar-refractivity contribution in [1.82, 2.24) is 13.9 Å². The van der Waals surface area contributed by atoms with Gasteiger partial charge in [0.2, 0.25) is 20.0 Å². The first-order valence-corrected chi connectivity index (χ1v) is 14.9. The van der Waals surface area contributed by atoms with Crippen molar-refractivity contribution in [1.29, 1.82) is 0 Å². The fourth-order valence-electron chi connectivity index (χ4n) is 4.43. The fourth-order valence-corrected chi connectivity index (χ4v) is 7.28. The van der Waals surface area contributed by atoms with Gasteiger partial charge in [-0.2, -0.15) is 8.61 Å². The topological polar surface area (TPSA) is 107 Å². The molecule has 0 atom stereocenters. The highest BCUT2D eigenvalue weighted by Gasteiger charge is 2.28. The Labute approximate surface area is 207 Å². The van der Waals surface area contributed by atoms with Crippen molar-refractivity contribution in [2.45, 2.75) is 24.7 Å². The maximum atomic E-state index is 12.8. The Morgan fingerprint density at radius 1 is 0.857 bits per heavy atom. The van der Waals surface area contributed by atoms with Crippen LogP contribution < -0.4 is 10.2 Å². The maximum Gasteiger partial charge on any atom is 0.251 e. The molecule has 0 saturated carbocycles. The van der Waals surface area contributed by atoms with Gasteiger partial charge in [-0.15, -0.1) is 0 Å². The summed E-state index contributed by atoms with van der Waals surface area (Å²) >= 11 is 0. The molecular weight excluding hydrogens is 488 g/mol. The lowest BCUT2D eigenvalue weighted by atomic mass is 10.2. The quantitative estimate of drug-likeness (QED) is 0.567. The van der Waals surface area contributed by atoms with E-state index in [4.69, 9.17) is 0 Å². The molecule has 0 unspecified atom stereocenters. The van der Waals surface area contributed by atoms with Gasteiger partial charge < -0.3 is 10.2 Å². The lowest BCUT2D eigenvalue weighted by Gasteiger charge is -2.35. The molecule has 0 aliphatic carbocycles. The fraction of sp³-hybridized carbons (Fsp3) is 0.458. The summed E-state index contributed by atoms with van der Waals surface area (Å²) in [5.74, 6) is -0.625. The third-order valence-electron chi connectivity index (χ3n) is 6.46. The first kappa shape index (κ1) is 25.6. The van der Waals surface area contributed by atoms with Gasteiger partial charge in [0.15, 0.2) is 0 Å². The summed E-state index contributed by atoms with van der Waals surface area (Å²) in [5, 5.41) is 2.63. The van der Waals surface area contributed by atoms with Crippen molar-refractivity contribution >= 4 is 31.6 Å². The highest BCUT2D eigenvalue weighted by atomic mass is 32.2. The van der Waals surface area contributed by atoms with Crippen molar-refractivity contribution < 1.29 is 21.6 Å². The van der Waals surface area contributed by atoms with Gasteiger partial charge in [0.05, 0.1) is 10.6 Å². The number of nitrogens with one attached hydrogen (secondary N) is 1. The lowest BCUT2D eigenvalue weighted by Crippen LogP contribution is -2.50. The van der Waals surface area contributed by atoms with Crippen LogP contribution in [0.15, 0.2) is 53.4 Å². The van der Waals surface area contributed by atoms with E-state index < -0.39 is 26.0 Å². The van der Waals surface area contributed by atoms with Crippen molar-refractivity contribution in [3.05, 3.63) is 59.7 Å². The second kappa shape index (κ2) is 10.7. The monoisotopic (exact) mass is 520 g/mol. The summed E-state index contributed by atoms with van der Waals surface area (Å²) in [6.07, 6.45) is 1.70. The van der Waals surface area contributed by atoms with Crippen LogP contribution in [0.2, 0.25) is 0 Å². The molecule has 4 rings (SSSR count). The van der Waals surface area contributed by atoms with Crippen LogP contribution in [0.3, 0.4) is 0 Å². The van der Waals surface area contributed by atoms with Gasteiger partial charge in [-0.3, -0.25) is 4.79 Å². The van der Waals surface area contributed by atoms with E-state index >= 15 is 0 Å². The number of anilines is 1. The molecule has 190 valence electrons. The standard InChI is InChI=1S/C24H32N4O5S2/c1-20-5-4-6-22(19-20)26-14-16-27(17-15-26)34(30,31)18-11-25-24(29)21-7-9-23(10-8-21)35(32,33)28-12-2-3-13-28/h4-10,19H,2-3,11-18H2,1H3,(H,25,29). The van der Waals surface area contributed by atoms with E-state index in [1.54, 1.807) is 0 Å². The van der Waals surface area contributed by atoms with E-state index in [0.29, 0.717) is 39.3 Å². The van der Waals surface area contributed by atoms with Crippen molar-refractivity contribution in [3.63, 3.8) is 0 Å². The number of rotatable bonds is 8. The van der Waals surface area contributed by atoms with Crippen LogP contribution in [0.1, 0.15) is 28.8 Å². The molecule has 0 spiro atoms. The molecule has 9 nitrogen and oxygen atoms in total. The van der Waals surface area contributed by atoms with E-state index in [0.717, 1.165) is 24.1 Å². The summed E-state index contributed by atoms with van der Waals surface area (Å²) in [4.78, 5) is 14.8. The Bertz CT molecular complexity index is 1250. The molecular formula is C24H32N4O5S2. The summed E-state index contributed by atoms with van der Waals surface area (Å²) in [5.41, 5.74) is 2.54. The van der Waals surface area contributed by atoms with Gasteiger partial charge in [0.25, 0.3) is 5.91 Å². The number of sulfonamides is 2. The normalized spacial score (nSPS) is 18.0. The molecule has 2 fully saturated rings. The minimum absolute atomic E-state index is 0.0207. The zero-order valence-corrected chi connectivity index (χ0v) is 21.5. The van der Waals surface area contributed by atoms with E-state index in [9.17, 15) is 21.6 Å². The van der Waals surface area contributed by atoms with Crippen molar-refractivity contribution in [3.8, 4) is 0 Å². The van der Waals surface area contributed by atoms with Gasteiger partial charge >= 0.3 is 0 Å². The summed E-state index contributed by atoms with van der Waals surface area (Å²) in [7, 11) is -7.04. The smallest absolute Gasteiger partial charge is 0.251 e. The van der Waals surface area contributed by atoms with Crippen LogP contribution >= 0.6 is 0 Å². The Balaban J connectivity index is 1.26. The molecule has 2 saturated heterocycles. The number of piperazine rings is 1. The highest BCUT2D eigenvalue weighted by molar-refractivity contribution is 7.89. The molecule has 2 aliphatic heterocycles.